The summed E-state index contributed by atoms with van der Waals surface area (Å²) in [6.07, 6.45) is 9.49. The van der Waals surface area contributed by atoms with Crippen molar-refractivity contribution < 1.29 is 13.9 Å². The zero-order valence-electron chi connectivity index (χ0n) is 20.6. The molecule has 0 aromatic rings. The van der Waals surface area contributed by atoms with Crippen LogP contribution in [0.15, 0.2) is 37.0 Å². The molecule has 0 N–H and O–H groups in total. The van der Waals surface area contributed by atoms with Crippen LogP contribution in [0.25, 0.3) is 0 Å². The maximum Gasteiger partial charge on any atom is 0.193 e. The Morgan fingerprint density at radius 2 is 1.68 bits per heavy atom. The molecular formula is C27H46O3Si. The van der Waals surface area contributed by atoms with Crippen molar-refractivity contribution in [2.45, 2.75) is 102 Å². The van der Waals surface area contributed by atoms with Crippen LogP contribution in [0.4, 0.5) is 0 Å². The van der Waals surface area contributed by atoms with Crippen molar-refractivity contribution in [3.05, 3.63) is 37.0 Å². The lowest BCUT2D eigenvalue weighted by Crippen LogP contribution is -2.53. The monoisotopic (exact) mass is 446 g/mol. The topological polar surface area (TPSA) is 27.7 Å². The van der Waals surface area contributed by atoms with Gasteiger partial charge in [0, 0.05) is 12.8 Å². The Labute approximate surface area is 192 Å². The van der Waals surface area contributed by atoms with Gasteiger partial charge in [-0.1, -0.05) is 45.6 Å². The Morgan fingerprint density at radius 3 is 2.23 bits per heavy atom. The molecule has 0 amide bonds. The first-order valence-corrected chi connectivity index (χ1v) is 15.3. The fourth-order valence-electron chi connectivity index (χ4n) is 6.72. The lowest BCUT2D eigenvalue weighted by Gasteiger charge is -2.51. The van der Waals surface area contributed by atoms with E-state index in [1.165, 1.54) is 42.1 Å². The molecule has 3 aliphatic rings. The van der Waals surface area contributed by atoms with E-state index in [1.54, 1.807) is 0 Å². The third kappa shape index (κ3) is 4.69. The molecule has 1 aliphatic heterocycles. The van der Waals surface area contributed by atoms with Crippen molar-refractivity contribution in [3.63, 3.8) is 0 Å². The number of allylic oxidation sites excluding steroid dienone is 2. The largest absolute Gasteiger partial charge is 0.407 e. The maximum absolute atomic E-state index is 7.47. The molecule has 0 bridgehead atoms. The molecule has 1 saturated heterocycles. The van der Waals surface area contributed by atoms with Crippen molar-refractivity contribution in [3.8, 4) is 0 Å². The molecule has 0 unspecified atom stereocenters. The number of rotatable bonds is 10. The molecule has 0 aromatic heterocycles. The lowest BCUT2D eigenvalue weighted by atomic mass is 9.65. The average molecular weight is 447 g/mol. The van der Waals surface area contributed by atoms with Crippen LogP contribution in [-0.4, -0.2) is 32.9 Å². The van der Waals surface area contributed by atoms with Crippen molar-refractivity contribution in [2.75, 3.05) is 13.2 Å². The first-order chi connectivity index (χ1) is 14.8. The minimum atomic E-state index is -1.82. The normalized spacial score (nSPS) is 33.0. The number of ether oxygens (including phenoxy) is 2. The van der Waals surface area contributed by atoms with Crippen LogP contribution in [0.1, 0.15) is 72.6 Å². The van der Waals surface area contributed by atoms with Gasteiger partial charge in [-0.3, -0.25) is 0 Å². The van der Waals surface area contributed by atoms with Gasteiger partial charge < -0.3 is 13.9 Å². The fraction of sp³-hybridized carbons (Fsp3) is 0.778. The van der Waals surface area contributed by atoms with Gasteiger partial charge in [-0.2, -0.15) is 0 Å². The van der Waals surface area contributed by atoms with E-state index in [4.69, 9.17) is 20.5 Å². The van der Waals surface area contributed by atoms with Crippen molar-refractivity contribution >= 4 is 8.32 Å². The van der Waals surface area contributed by atoms with Crippen LogP contribution in [-0.2, 0) is 13.9 Å². The summed E-state index contributed by atoms with van der Waals surface area (Å²) < 4.78 is 19.8. The highest BCUT2D eigenvalue weighted by Crippen LogP contribution is 2.55. The smallest absolute Gasteiger partial charge is 0.193 e. The third-order valence-electron chi connectivity index (χ3n) is 8.83. The van der Waals surface area contributed by atoms with E-state index in [9.17, 15) is 0 Å². The summed E-state index contributed by atoms with van der Waals surface area (Å²) in [5.41, 5.74) is 2.32. The first-order valence-electron chi connectivity index (χ1n) is 12.7. The molecule has 0 radical (unpaired) electrons. The maximum atomic E-state index is 7.47. The molecule has 4 atom stereocenters. The Hall–Kier alpha value is -0.683. The Balaban J connectivity index is 2.01. The van der Waals surface area contributed by atoms with E-state index in [-0.39, 0.29) is 5.60 Å². The van der Waals surface area contributed by atoms with Gasteiger partial charge in [0.25, 0.3) is 0 Å². The highest BCUT2D eigenvalue weighted by Gasteiger charge is 2.55. The number of hydrogen-bond acceptors (Lipinski definition) is 3. The van der Waals surface area contributed by atoms with Gasteiger partial charge in [0.2, 0.25) is 0 Å². The summed E-state index contributed by atoms with van der Waals surface area (Å²) in [5.74, 6) is 0.773. The molecule has 3 nitrogen and oxygen atoms in total. The Bertz CT molecular complexity index is 653. The molecule has 3 rings (SSSR count). The number of hydrogen-bond donors (Lipinski definition) is 0. The molecule has 1 heterocycles. The Kier molecular flexibility index (Phi) is 8.10. The van der Waals surface area contributed by atoms with Gasteiger partial charge >= 0.3 is 0 Å². The second kappa shape index (κ2) is 10.1. The van der Waals surface area contributed by atoms with Gasteiger partial charge in [-0.25, -0.2) is 0 Å². The van der Waals surface area contributed by atoms with Crippen LogP contribution < -0.4 is 0 Å². The highest BCUT2D eigenvalue weighted by molar-refractivity contribution is 6.73. The summed E-state index contributed by atoms with van der Waals surface area (Å²) in [4.78, 5) is 0. The van der Waals surface area contributed by atoms with Crippen LogP contribution in [0, 0.1) is 17.8 Å². The summed E-state index contributed by atoms with van der Waals surface area (Å²) in [6, 6.07) is 3.50. The average Bonchev–Trinajstić information content (AvgIpc) is 3.39. The van der Waals surface area contributed by atoms with E-state index < -0.39 is 14.1 Å². The van der Waals surface area contributed by atoms with Crippen molar-refractivity contribution in [1.82, 2.24) is 0 Å². The molecule has 2 aliphatic carbocycles. The Morgan fingerprint density at radius 1 is 1.03 bits per heavy atom. The summed E-state index contributed by atoms with van der Waals surface area (Å²) in [5, 5.41) is 0. The summed E-state index contributed by atoms with van der Waals surface area (Å²) in [7, 11) is -1.82. The van der Waals surface area contributed by atoms with Crippen molar-refractivity contribution in [2.24, 2.45) is 17.8 Å². The van der Waals surface area contributed by atoms with E-state index in [2.05, 4.69) is 46.9 Å². The predicted molar refractivity (Wildman–Crippen MR) is 133 cm³/mol. The second-order valence-corrected chi connectivity index (χ2v) is 15.0. The highest BCUT2D eigenvalue weighted by atomic mass is 28.4. The third-order valence-corrected chi connectivity index (χ3v) is 13.5. The second-order valence-electron chi connectivity index (χ2n) is 10.3. The first kappa shape index (κ1) is 24.9. The molecule has 0 aromatic carbocycles. The molecule has 31 heavy (non-hydrogen) atoms. The van der Waals surface area contributed by atoms with Crippen LogP contribution in [0.5, 0.6) is 0 Å². The van der Waals surface area contributed by atoms with E-state index in [0.717, 1.165) is 32.1 Å². The predicted octanol–water partition coefficient (Wildman–Crippen LogP) is 7.41. The van der Waals surface area contributed by atoms with Crippen molar-refractivity contribution in [1.29, 1.82) is 0 Å². The van der Waals surface area contributed by atoms with Crippen LogP contribution in [0.2, 0.25) is 18.1 Å². The summed E-state index contributed by atoms with van der Waals surface area (Å²) in [6.45, 7) is 23.9. The molecular weight excluding hydrogens is 400 g/mol. The standard InChI is InChI=1S/C27H46O3Si/c1-8-13-23-14-12-16-27(23,30-31(9-2,10-3)11-4)22(7)25-20-26(28-18-19-29-26)17-15-24(25)21(5)6/h8,23-25H,1,5,7,9-20H2,2-4,6H3/t23-,24-,25-,27-/m0/s1. The van der Waals surface area contributed by atoms with Gasteiger partial charge in [-0.15, -0.1) is 6.58 Å². The van der Waals surface area contributed by atoms with E-state index in [0.29, 0.717) is 31.0 Å². The lowest BCUT2D eigenvalue weighted by molar-refractivity contribution is -0.191. The quantitative estimate of drug-likeness (QED) is 0.258. The molecule has 4 heteroatoms. The SMILES string of the molecule is C=CC[C@H]1CCC[C@]1(O[Si](CC)(CC)CC)C(=C)[C@@H]1CC2(CC[C@H]1C(=C)C)OCCO2. The van der Waals surface area contributed by atoms with Crippen LogP contribution >= 0.6 is 0 Å². The van der Waals surface area contributed by atoms with E-state index in [1.807, 2.05) is 0 Å². The fourth-order valence-corrected chi connectivity index (χ4v) is 9.82. The molecule has 176 valence electrons. The zero-order chi connectivity index (χ0) is 22.7. The molecule has 1 spiro atoms. The summed E-state index contributed by atoms with van der Waals surface area (Å²) >= 11 is 0. The molecule has 2 saturated carbocycles. The zero-order valence-corrected chi connectivity index (χ0v) is 21.6. The van der Waals surface area contributed by atoms with Crippen LogP contribution in [0.3, 0.4) is 0 Å². The minimum Gasteiger partial charge on any atom is -0.407 e. The molecule has 3 fully saturated rings. The van der Waals surface area contributed by atoms with Gasteiger partial charge in [0.1, 0.15) is 0 Å². The van der Waals surface area contributed by atoms with Gasteiger partial charge in [0.05, 0.1) is 18.8 Å². The van der Waals surface area contributed by atoms with Gasteiger partial charge in [-0.05, 0) is 80.5 Å². The van der Waals surface area contributed by atoms with Gasteiger partial charge in [0.15, 0.2) is 14.1 Å². The minimum absolute atomic E-state index is 0.238. The van der Waals surface area contributed by atoms with E-state index >= 15 is 0 Å².